The van der Waals surface area contributed by atoms with Gasteiger partial charge in [-0.1, -0.05) is 43.1 Å². The first kappa shape index (κ1) is 57.6. The number of nitrogens with one attached hydrogen (secondary N) is 3. The number of aliphatic carboxylic acids is 1. The molecule has 0 fully saturated rings. The topological polar surface area (TPSA) is 265 Å². The van der Waals surface area contributed by atoms with Crippen LogP contribution in [0.2, 0.25) is 10.0 Å². The van der Waals surface area contributed by atoms with Gasteiger partial charge in [-0.3, -0.25) is 19.7 Å². The highest BCUT2D eigenvalue weighted by Gasteiger charge is 2.42. The molecule has 1 aromatic heterocycles. The number of benzene rings is 3. The molecule has 1 aliphatic heterocycles. The zero-order chi connectivity index (χ0) is 50.5. The van der Waals surface area contributed by atoms with Crippen molar-refractivity contribution >= 4 is 75.1 Å². The molecule has 0 aliphatic carbocycles. The first-order valence-corrected chi connectivity index (χ1v) is 25.8. The number of hydroxylamine groups is 2. The Morgan fingerprint density at radius 1 is 1.06 bits per heavy atom. The average Bonchev–Trinajstić information content (AvgIpc) is 3.47. The van der Waals surface area contributed by atoms with Gasteiger partial charge in [-0.05, 0) is 65.7 Å². The molecule has 1 aliphatic rings. The third kappa shape index (κ3) is 18.7. The van der Waals surface area contributed by atoms with Crippen LogP contribution in [0.25, 0.3) is 5.69 Å². The van der Waals surface area contributed by atoms with E-state index in [2.05, 4.69) is 47.8 Å². The maximum absolute atomic E-state index is 12.8. The van der Waals surface area contributed by atoms with Gasteiger partial charge in [-0.15, -0.1) is 5.10 Å². The molecule has 5 N–H and O–H groups in total. The van der Waals surface area contributed by atoms with Gasteiger partial charge in [0.05, 0.1) is 66.4 Å². The van der Waals surface area contributed by atoms with Crippen molar-refractivity contribution in [2.75, 3.05) is 69.2 Å². The highest BCUT2D eigenvalue weighted by atomic mass is 35.5. The maximum atomic E-state index is 12.8. The van der Waals surface area contributed by atoms with Crippen molar-refractivity contribution in [1.29, 1.82) is 0 Å². The van der Waals surface area contributed by atoms with Crippen LogP contribution in [0.4, 0.5) is 25.0 Å². The van der Waals surface area contributed by atoms with E-state index in [1.165, 1.54) is 27.1 Å². The number of ether oxygens (including phenoxy) is 3. The third-order valence-corrected chi connectivity index (χ3v) is 10.3. The van der Waals surface area contributed by atoms with E-state index in [1.54, 1.807) is 31.4 Å². The van der Waals surface area contributed by atoms with E-state index in [0.717, 1.165) is 35.1 Å². The molecule has 0 bridgehead atoms. The second-order valence-corrected chi connectivity index (χ2v) is 21.9. The molecule has 20 nitrogen and oxygen atoms in total. The lowest BCUT2D eigenvalue weighted by molar-refractivity contribution is -0.193. The smallest absolute Gasteiger partial charge is 0.355 e. The molecule has 0 radical (unpaired) electrons. The highest BCUT2D eigenvalue weighted by Crippen LogP contribution is 2.46. The third-order valence-electron chi connectivity index (χ3n) is 8.43. The number of carboxylic acids is 1. The van der Waals surface area contributed by atoms with Crippen LogP contribution >= 0.6 is 30.8 Å². The summed E-state index contributed by atoms with van der Waals surface area (Å²) in [6.45, 7) is 3.98. The summed E-state index contributed by atoms with van der Waals surface area (Å²) in [5.74, 6) is -0.00949. The van der Waals surface area contributed by atoms with E-state index in [0.29, 0.717) is 32.8 Å². The number of urea groups is 1. The van der Waals surface area contributed by atoms with Crippen molar-refractivity contribution in [2.45, 2.75) is 51.9 Å². The summed E-state index contributed by atoms with van der Waals surface area (Å²) in [6, 6.07) is 14.9. The van der Waals surface area contributed by atoms with Crippen molar-refractivity contribution in [3.8, 4) is 22.9 Å². The number of carbonyl (C=O) groups is 2. The predicted molar refractivity (Wildman–Crippen MR) is 248 cm³/mol. The maximum Gasteiger partial charge on any atom is 0.355 e. The van der Waals surface area contributed by atoms with Crippen LogP contribution in [-0.2, 0) is 45.3 Å². The largest absolute Gasteiger partial charge is 0.778 e. The number of methoxy groups -OCH3 is 1. The molecular formula is C39H54Cl2F2N7O13PS2. The zero-order valence-electron chi connectivity index (χ0n) is 37.8. The number of carbonyl (C=O) groups excluding carboxylic acids is 1. The van der Waals surface area contributed by atoms with E-state index >= 15 is 0 Å². The molecule has 4 aromatic rings. The van der Waals surface area contributed by atoms with Crippen LogP contribution in [0.3, 0.4) is 0 Å². The van der Waals surface area contributed by atoms with Crippen LogP contribution in [0, 0.1) is 6.92 Å². The first-order chi connectivity index (χ1) is 30.3. The zero-order valence-corrected chi connectivity index (χ0v) is 41.9. The van der Waals surface area contributed by atoms with E-state index in [9.17, 15) is 41.0 Å². The number of sulfonamides is 1. The van der Waals surface area contributed by atoms with E-state index in [4.69, 9.17) is 52.2 Å². The molecule has 5 rings (SSSR count). The van der Waals surface area contributed by atoms with Crippen molar-refractivity contribution in [1.82, 2.24) is 24.7 Å². The van der Waals surface area contributed by atoms with Crippen molar-refractivity contribution < 1.29 is 65.3 Å². The van der Waals surface area contributed by atoms with Crippen molar-refractivity contribution in [3.05, 3.63) is 86.5 Å². The molecule has 0 spiro atoms. The van der Waals surface area contributed by atoms with Crippen molar-refractivity contribution in [2.24, 2.45) is 0 Å². The Labute approximate surface area is 394 Å². The molecule has 2 unspecified atom stereocenters. The monoisotopic (exact) mass is 1030 g/mol. The molecule has 3 aromatic carbocycles. The van der Waals surface area contributed by atoms with E-state index < -0.39 is 54.4 Å². The Morgan fingerprint density at radius 3 is 2.12 bits per heavy atom. The fourth-order valence-corrected chi connectivity index (χ4v) is 7.19. The SMILES string of the molecule is CON(C)C(=O)Nc1ccc(Oc2ccc3c(c2)OC(C)(OC)CC3(C)C)cc1.C[S+](C)C.Cc1nn(-c2cc(NS(C)(=O)=O)c(Cl)cc2Cl)c(=O)n1C(F)F.O=C(O)CNCP(=O)([O-])O. The molecule has 27 heteroatoms. The summed E-state index contributed by atoms with van der Waals surface area (Å²) in [4.78, 5) is 56.4. The van der Waals surface area contributed by atoms with Crippen LogP contribution in [-0.4, -0.2) is 115 Å². The summed E-state index contributed by atoms with van der Waals surface area (Å²) in [7, 11) is -2.74. The molecule has 368 valence electrons. The van der Waals surface area contributed by atoms with Gasteiger partial charge in [0.1, 0.15) is 30.7 Å². The summed E-state index contributed by atoms with van der Waals surface area (Å²) in [5, 5.41) is 17.4. The van der Waals surface area contributed by atoms with Gasteiger partial charge in [-0.25, -0.2) is 27.6 Å². The number of carboxylic acid groups (broad SMARTS) is 1. The van der Waals surface area contributed by atoms with Crippen molar-refractivity contribution in [3.63, 3.8) is 0 Å². The Bertz CT molecular complexity index is 2510. The van der Waals surface area contributed by atoms with Gasteiger partial charge >= 0.3 is 24.2 Å². The summed E-state index contributed by atoms with van der Waals surface area (Å²) >= 11 is 11.8. The van der Waals surface area contributed by atoms with Crippen LogP contribution in [0.5, 0.6) is 17.2 Å². The Balaban J connectivity index is 0.000000358. The number of aryl methyl sites for hydroxylation is 1. The number of fused-ring (bicyclic) bond motifs is 1. The number of nitrogens with zero attached hydrogens (tertiary/aromatic N) is 4. The lowest BCUT2D eigenvalue weighted by atomic mass is 9.76. The summed E-state index contributed by atoms with van der Waals surface area (Å²) < 4.78 is 78.9. The number of hydrogen-bond acceptors (Lipinski definition) is 13. The number of hydrogen-bond donors (Lipinski definition) is 5. The van der Waals surface area contributed by atoms with Gasteiger partial charge < -0.3 is 39.0 Å². The molecule has 0 saturated heterocycles. The van der Waals surface area contributed by atoms with Crippen LogP contribution < -0.4 is 35.4 Å². The minimum atomic E-state index is -4.35. The predicted octanol–water partition coefficient (Wildman–Crippen LogP) is 6.00. The number of anilines is 2. The number of aromatic nitrogens is 3. The fourth-order valence-electron chi connectivity index (χ4n) is 5.66. The Morgan fingerprint density at radius 2 is 1.64 bits per heavy atom. The lowest BCUT2D eigenvalue weighted by Gasteiger charge is -2.43. The average molecular weight is 1030 g/mol. The quantitative estimate of drug-likeness (QED) is 0.0584. The lowest BCUT2D eigenvalue weighted by Crippen LogP contribution is -2.45. The second kappa shape index (κ2) is 24.5. The number of amides is 2. The molecule has 2 atom stereocenters. The van der Waals surface area contributed by atoms with Gasteiger partial charge in [0.25, 0.3) is 0 Å². The van der Waals surface area contributed by atoms with Gasteiger partial charge in [0, 0.05) is 44.8 Å². The number of alkyl halides is 2. The fraction of sp³-hybridized carbons (Fsp3) is 0.436. The van der Waals surface area contributed by atoms with E-state index in [1.807, 2.05) is 30.4 Å². The minimum absolute atomic E-state index is 0.0257. The molecule has 2 amide bonds. The normalized spacial score (nSPS) is 15.8. The molecular weight excluding hydrogens is 978 g/mol. The molecule has 66 heavy (non-hydrogen) atoms. The summed E-state index contributed by atoms with van der Waals surface area (Å²) in [6.07, 6.45) is 7.54. The Hall–Kier alpha value is -4.49. The van der Waals surface area contributed by atoms with E-state index in [-0.39, 0.29) is 43.3 Å². The van der Waals surface area contributed by atoms with Gasteiger partial charge in [0.15, 0.2) is 0 Å². The van der Waals surface area contributed by atoms with Crippen LogP contribution in [0.1, 0.15) is 45.1 Å². The second-order valence-electron chi connectivity index (χ2n) is 15.3. The minimum Gasteiger partial charge on any atom is -0.778 e. The molecule has 2 heterocycles. The highest BCUT2D eigenvalue weighted by molar-refractivity contribution is 7.94. The number of rotatable bonds is 13. The van der Waals surface area contributed by atoms with Crippen LogP contribution in [0.15, 0.2) is 59.4 Å². The Kier molecular flexibility index (Phi) is 21.4. The summed E-state index contributed by atoms with van der Waals surface area (Å²) in [5.41, 5.74) is 0.412. The standard InChI is InChI=1S/C22H28N2O5.C11H10Cl2F2N4O3S.C3H8NO5P.C3H9S/c1-21(2)14-22(3,26-5)29-19-13-17(11-12-18(19)21)28-16-9-7-15(8-10-16)23-20(25)24(4)27-6;1-5-16-19(11(20)18(5)10(14)15)9-4-8(17-23(2,21)22)6(12)3-7(9)13;5-3(6)1-4-2-10(7,8)9;1-4(2)3/h7-13H,14H2,1-6H3,(H,23,25);3-4,10,17H,1-2H3;4H,1-2H2,(H,5,6)(H2,7,8,9);1-3H3/q;;;+1/p-1. The first-order valence-electron chi connectivity index (χ1n) is 19.0. The van der Waals surface area contributed by atoms with Gasteiger partial charge in [-0.2, -0.15) is 13.5 Å². The molecule has 0 saturated carbocycles. The number of halogens is 4. The van der Waals surface area contributed by atoms with Gasteiger partial charge in [0.2, 0.25) is 15.8 Å².